The van der Waals surface area contributed by atoms with Crippen LogP contribution in [0.3, 0.4) is 0 Å². The summed E-state index contributed by atoms with van der Waals surface area (Å²) < 4.78 is 38.5. The Kier molecular flexibility index (Phi) is 7.15. The molecule has 1 unspecified atom stereocenters. The van der Waals surface area contributed by atoms with E-state index in [4.69, 9.17) is 17.3 Å². The molecule has 1 aromatic carbocycles. The monoisotopic (exact) mass is 399 g/mol. The Morgan fingerprint density at radius 3 is 2.64 bits per heavy atom. The van der Waals surface area contributed by atoms with Crippen molar-refractivity contribution < 1.29 is 18.0 Å². The predicted molar refractivity (Wildman–Crippen MR) is 95.1 cm³/mol. The number of likely N-dealkylation sites (tertiary alicyclic amines) is 1. The predicted octanol–water partition coefficient (Wildman–Crippen LogP) is 3.78. The van der Waals surface area contributed by atoms with Gasteiger partial charge in [0.2, 0.25) is 5.91 Å². The van der Waals surface area contributed by atoms with Crippen molar-refractivity contribution in [3.63, 3.8) is 0 Å². The summed E-state index contributed by atoms with van der Waals surface area (Å²) in [5, 5.41) is 2.10. The number of nitrogens with zero attached hydrogens (tertiary/aromatic N) is 1. The van der Waals surface area contributed by atoms with Crippen molar-refractivity contribution >= 4 is 35.6 Å². The van der Waals surface area contributed by atoms with Gasteiger partial charge in [0.05, 0.1) is 17.1 Å². The van der Waals surface area contributed by atoms with Crippen molar-refractivity contribution in [2.45, 2.75) is 32.5 Å². The van der Waals surface area contributed by atoms with E-state index >= 15 is 0 Å². The van der Waals surface area contributed by atoms with Crippen LogP contribution in [0.25, 0.3) is 0 Å². The summed E-state index contributed by atoms with van der Waals surface area (Å²) >= 11 is 5.57. The molecule has 1 atom stereocenters. The smallest absolute Gasteiger partial charge is 0.327 e. The molecule has 0 radical (unpaired) electrons. The standard InChI is InChI=1S/C16H21ClF3N3O.ClH/c1-15(2)9-23(6-5-13(15)21)8-14(24)22-10-3-4-12(17)11(7-10)16(18,19)20;/h3-4,7,13H,5-6,8-9,21H2,1-2H3,(H,22,24);1H. The van der Waals surface area contributed by atoms with Crippen LogP contribution in [-0.4, -0.2) is 36.5 Å². The summed E-state index contributed by atoms with van der Waals surface area (Å²) in [5.41, 5.74) is 5.05. The maximum Gasteiger partial charge on any atom is 0.417 e. The lowest BCUT2D eigenvalue weighted by atomic mass is 9.80. The van der Waals surface area contributed by atoms with Crippen molar-refractivity contribution in [2.24, 2.45) is 11.1 Å². The molecule has 25 heavy (non-hydrogen) atoms. The van der Waals surface area contributed by atoms with Crippen LogP contribution >= 0.6 is 24.0 Å². The summed E-state index contributed by atoms with van der Waals surface area (Å²) in [4.78, 5) is 14.1. The number of nitrogens with two attached hydrogens (primary N) is 1. The van der Waals surface area contributed by atoms with Crippen molar-refractivity contribution in [2.75, 3.05) is 25.0 Å². The topological polar surface area (TPSA) is 58.4 Å². The number of carbonyl (C=O) groups excluding carboxylic acids is 1. The SMILES string of the molecule is CC1(C)CN(CC(=O)Nc2ccc(Cl)c(C(F)(F)F)c2)CCC1N.Cl. The van der Waals surface area contributed by atoms with Crippen LogP contribution in [0.2, 0.25) is 5.02 Å². The molecule has 142 valence electrons. The maximum atomic E-state index is 12.8. The number of rotatable bonds is 3. The minimum Gasteiger partial charge on any atom is -0.327 e. The number of carbonyl (C=O) groups is 1. The fraction of sp³-hybridized carbons (Fsp3) is 0.562. The minimum atomic E-state index is -4.56. The van der Waals surface area contributed by atoms with E-state index in [-0.39, 0.29) is 42.0 Å². The summed E-state index contributed by atoms with van der Waals surface area (Å²) in [6, 6.07) is 3.40. The summed E-state index contributed by atoms with van der Waals surface area (Å²) in [6.07, 6.45) is -3.79. The average Bonchev–Trinajstić information content (AvgIpc) is 2.43. The Bertz CT molecular complexity index is 623. The molecular formula is C16H22Cl2F3N3O. The van der Waals surface area contributed by atoms with E-state index in [0.29, 0.717) is 13.1 Å². The third-order valence-electron chi connectivity index (χ3n) is 4.31. The quantitative estimate of drug-likeness (QED) is 0.812. The summed E-state index contributed by atoms with van der Waals surface area (Å²) in [5.74, 6) is -0.364. The molecule has 0 bridgehead atoms. The molecule has 2 rings (SSSR count). The van der Waals surface area contributed by atoms with Crippen LogP contribution in [0.4, 0.5) is 18.9 Å². The zero-order chi connectivity index (χ0) is 18.1. The molecule has 1 aliphatic rings. The molecule has 1 heterocycles. The van der Waals surface area contributed by atoms with Crippen LogP contribution < -0.4 is 11.1 Å². The fourth-order valence-corrected chi connectivity index (χ4v) is 3.07. The molecule has 3 N–H and O–H groups in total. The van der Waals surface area contributed by atoms with Gasteiger partial charge < -0.3 is 11.1 Å². The second-order valence-corrected chi connectivity index (χ2v) is 7.24. The highest BCUT2D eigenvalue weighted by Gasteiger charge is 2.35. The molecular weight excluding hydrogens is 378 g/mol. The number of amides is 1. The van der Waals surface area contributed by atoms with Crippen molar-refractivity contribution in [3.05, 3.63) is 28.8 Å². The van der Waals surface area contributed by atoms with Crippen LogP contribution in [-0.2, 0) is 11.0 Å². The Labute approximate surface area is 156 Å². The molecule has 0 saturated carbocycles. The Morgan fingerprint density at radius 2 is 2.08 bits per heavy atom. The van der Waals surface area contributed by atoms with E-state index in [1.807, 2.05) is 18.7 Å². The molecule has 0 spiro atoms. The van der Waals surface area contributed by atoms with E-state index < -0.39 is 16.8 Å². The number of halogens is 5. The number of alkyl halides is 3. The number of nitrogens with one attached hydrogen (secondary N) is 1. The van der Waals surface area contributed by atoms with E-state index in [0.717, 1.165) is 18.6 Å². The van der Waals surface area contributed by atoms with E-state index in [9.17, 15) is 18.0 Å². The first-order valence-electron chi connectivity index (χ1n) is 7.63. The highest BCUT2D eigenvalue weighted by atomic mass is 35.5. The van der Waals surface area contributed by atoms with Crippen LogP contribution in [0.5, 0.6) is 0 Å². The van der Waals surface area contributed by atoms with Gasteiger partial charge in [-0.1, -0.05) is 25.4 Å². The molecule has 9 heteroatoms. The number of piperidine rings is 1. The molecule has 1 aliphatic heterocycles. The second-order valence-electron chi connectivity index (χ2n) is 6.83. The maximum absolute atomic E-state index is 12.8. The molecule has 1 amide bonds. The van der Waals surface area contributed by atoms with Gasteiger partial charge in [-0.3, -0.25) is 9.69 Å². The highest BCUT2D eigenvalue weighted by Crippen LogP contribution is 2.36. The van der Waals surface area contributed by atoms with Gasteiger partial charge in [-0.25, -0.2) is 0 Å². The lowest BCUT2D eigenvalue weighted by Gasteiger charge is -2.42. The van der Waals surface area contributed by atoms with Crippen LogP contribution in [0.1, 0.15) is 25.8 Å². The molecule has 1 aromatic rings. The van der Waals surface area contributed by atoms with E-state index in [2.05, 4.69) is 5.32 Å². The number of benzene rings is 1. The average molecular weight is 400 g/mol. The first kappa shape index (κ1) is 22.0. The van der Waals surface area contributed by atoms with Crippen molar-refractivity contribution in [1.82, 2.24) is 4.90 Å². The molecule has 1 fully saturated rings. The van der Waals surface area contributed by atoms with E-state index in [1.54, 1.807) is 0 Å². The zero-order valence-corrected chi connectivity index (χ0v) is 15.6. The number of hydrogen-bond acceptors (Lipinski definition) is 3. The normalized spacial score (nSPS) is 20.7. The van der Waals surface area contributed by atoms with Crippen LogP contribution in [0.15, 0.2) is 18.2 Å². The van der Waals surface area contributed by atoms with Gasteiger partial charge in [-0.2, -0.15) is 13.2 Å². The lowest BCUT2D eigenvalue weighted by Crippen LogP contribution is -2.53. The van der Waals surface area contributed by atoms with Crippen molar-refractivity contribution in [3.8, 4) is 0 Å². The van der Waals surface area contributed by atoms with E-state index in [1.165, 1.54) is 6.07 Å². The third kappa shape index (κ3) is 5.74. The summed E-state index contributed by atoms with van der Waals surface area (Å²) in [7, 11) is 0. The third-order valence-corrected chi connectivity index (χ3v) is 4.64. The van der Waals surface area contributed by atoms with Crippen LogP contribution in [0, 0.1) is 5.41 Å². The van der Waals surface area contributed by atoms with Gasteiger partial charge >= 0.3 is 6.18 Å². The number of hydrogen-bond donors (Lipinski definition) is 2. The Morgan fingerprint density at radius 1 is 1.44 bits per heavy atom. The van der Waals surface area contributed by atoms with Gasteiger partial charge in [0.15, 0.2) is 0 Å². The molecule has 4 nitrogen and oxygen atoms in total. The Balaban J connectivity index is 0.00000312. The van der Waals surface area contributed by atoms with Gasteiger partial charge in [0, 0.05) is 24.8 Å². The fourth-order valence-electron chi connectivity index (χ4n) is 2.84. The van der Waals surface area contributed by atoms with Gasteiger partial charge in [0.1, 0.15) is 0 Å². The second kappa shape index (κ2) is 8.12. The minimum absolute atomic E-state index is 0. The van der Waals surface area contributed by atoms with Gasteiger partial charge in [0.25, 0.3) is 0 Å². The first-order valence-corrected chi connectivity index (χ1v) is 8.01. The first-order chi connectivity index (χ1) is 11.0. The molecule has 0 aliphatic carbocycles. The summed E-state index contributed by atoms with van der Waals surface area (Å²) in [6.45, 7) is 5.54. The van der Waals surface area contributed by atoms with Crippen molar-refractivity contribution in [1.29, 1.82) is 0 Å². The molecule has 1 saturated heterocycles. The largest absolute Gasteiger partial charge is 0.417 e. The van der Waals surface area contributed by atoms with Gasteiger partial charge in [-0.15, -0.1) is 12.4 Å². The molecule has 0 aromatic heterocycles. The Hall–Kier alpha value is -1.02. The zero-order valence-electron chi connectivity index (χ0n) is 14.0. The lowest BCUT2D eigenvalue weighted by molar-refractivity contribution is -0.137. The highest BCUT2D eigenvalue weighted by molar-refractivity contribution is 6.31. The van der Waals surface area contributed by atoms with Gasteiger partial charge in [-0.05, 0) is 30.0 Å². The number of anilines is 1.